The number of hydrogen-bond acceptors (Lipinski definition) is 6. The maximum absolute atomic E-state index is 13.5. The smallest absolute Gasteiger partial charge is 0.240 e. The molecule has 0 unspecified atom stereocenters. The van der Waals surface area contributed by atoms with Gasteiger partial charge in [-0.15, -0.1) is 0 Å². The van der Waals surface area contributed by atoms with Crippen LogP contribution in [0.1, 0.15) is 32.3 Å². The Morgan fingerprint density at radius 2 is 1.69 bits per heavy atom. The van der Waals surface area contributed by atoms with Gasteiger partial charge in [0.25, 0.3) is 0 Å². The average Bonchev–Trinajstić information content (AvgIpc) is 3.51. The quantitative estimate of drug-likeness (QED) is 0.451. The van der Waals surface area contributed by atoms with Crippen molar-refractivity contribution in [3.05, 3.63) is 77.9 Å². The van der Waals surface area contributed by atoms with E-state index < -0.39 is 23.7 Å². The molecular weight excluding hydrogens is 458 g/mol. The minimum atomic E-state index is -0.761. The van der Waals surface area contributed by atoms with Crippen molar-refractivity contribution in [2.24, 2.45) is 11.8 Å². The average molecular weight is 490 g/mol. The summed E-state index contributed by atoms with van der Waals surface area (Å²) in [5.41, 5.74) is 2.79. The van der Waals surface area contributed by atoms with Gasteiger partial charge in [0.05, 0.1) is 42.9 Å². The summed E-state index contributed by atoms with van der Waals surface area (Å²) in [6.45, 7) is 4.65. The van der Waals surface area contributed by atoms with E-state index in [0.29, 0.717) is 31.7 Å². The van der Waals surface area contributed by atoms with Crippen molar-refractivity contribution >= 4 is 17.5 Å². The van der Waals surface area contributed by atoms with Crippen LogP contribution in [-0.2, 0) is 35.1 Å². The highest BCUT2D eigenvalue weighted by atomic mass is 16.8. The second kappa shape index (κ2) is 9.23. The molecular formula is C29H31NO6. The van der Waals surface area contributed by atoms with E-state index in [9.17, 15) is 9.59 Å². The molecule has 2 aromatic carbocycles. The second-order valence-corrected chi connectivity index (χ2v) is 10.4. The Morgan fingerprint density at radius 1 is 0.972 bits per heavy atom. The zero-order valence-electron chi connectivity index (χ0n) is 20.5. The van der Waals surface area contributed by atoms with Crippen molar-refractivity contribution in [1.29, 1.82) is 0 Å². The SMILES string of the molecule is CC1(C)O[C@@H]([C@@H]2CC3=CC[C@H]4C(=O)N(c5ccccc5)C(=O)[C@H]4[C@H]3O2)[C@H](COCc2ccccc2)O1. The summed E-state index contributed by atoms with van der Waals surface area (Å²) in [5.74, 6) is -1.99. The van der Waals surface area contributed by atoms with Crippen molar-refractivity contribution in [1.82, 2.24) is 0 Å². The fourth-order valence-corrected chi connectivity index (χ4v) is 6.00. The van der Waals surface area contributed by atoms with Gasteiger partial charge in [-0.25, -0.2) is 4.90 Å². The minimum absolute atomic E-state index is 0.146. The largest absolute Gasteiger partial charge is 0.374 e. The molecule has 7 nitrogen and oxygen atoms in total. The lowest BCUT2D eigenvalue weighted by Gasteiger charge is -2.27. The molecule has 2 aromatic rings. The molecule has 0 N–H and O–H groups in total. The van der Waals surface area contributed by atoms with E-state index in [0.717, 1.165) is 11.1 Å². The lowest BCUT2D eigenvalue weighted by atomic mass is 9.79. The lowest BCUT2D eigenvalue weighted by Crippen LogP contribution is -2.40. The normalized spacial score (nSPS) is 32.9. The predicted octanol–water partition coefficient (Wildman–Crippen LogP) is 4.02. The number of allylic oxidation sites excluding steroid dienone is 1. The van der Waals surface area contributed by atoms with Crippen LogP contribution in [-0.4, -0.2) is 48.6 Å². The number of imide groups is 1. The summed E-state index contributed by atoms with van der Waals surface area (Å²) in [5, 5.41) is 0. The highest BCUT2D eigenvalue weighted by Gasteiger charge is 2.58. The first-order valence-corrected chi connectivity index (χ1v) is 12.7. The third-order valence-electron chi connectivity index (χ3n) is 7.56. The van der Waals surface area contributed by atoms with Gasteiger partial charge < -0.3 is 18.9 Å². The van der Waals surface area contributed by atoms with E-state index in [1.54, 1.807) is 12.1 Å². The van der Waals surface area contributed by atoms with E-state index in [4.69, 9.17) is 18.9 Å². The molecule has 0 saturated carbocycles. The van der Waals surface area contributed by atoms with Crippen molar-refractivity contribution in [3.63, 3.8) is 0 Å². The molecule has 3 heterocycles. The summed E-state index contributed by atoms with van der Waals surface area (Å²) in [6, 6.07) is 19.2. The van der Waals surface area contributed by atoms with Crippen LogP contribution >= 0.6 is 0 Å². The van der Waals surface area contributed by atoms with Crippen LogP contribution in [0, 0.1) is 11.8 Å². The maximum Gasteiger partial charge on any atom is 0.240 e. The number of para-hydroxylation sites is 1. The van der Waals surface area contributed by atoms with Crippen LogP contribution in [0.15, 0.2) is 72.3 Å². The molecule has 36 heavy (non-hydrogen) atoms. The number of amides is 2. The number of carbonyl (C=O) groups excluding carboxylic acids is 2. The van der Waals surface area contributed by atoms with E-state index in [1.165, 1.54) is 4.90 Å². The van der Waals surface area contributed by atoms with Crippen molar-refractivity contribution in [3.8, 4) is 0 Å². The third kappa shape index (κ3) is 4.20. The van der Waals surface area contributed by atoms with Gasteiger partial charge in [-0.3, -0.25) is 9.59 Å². The summed E-state index contributed by atoms with van der Waals surface area (Å²) < 4.78 is 25.0. The molecule has 2 amide bonds. The molecule has 0 aromatic heterocycles. The van der Waals surface area contributed by atoms with Crippen LogP contribution in [0.2, 0.25) is 0 Å². The maximum atomic E-state index is 13.5. The first-order valence-electron chi connectivity index (χ1n) is 12.7. The standard InChI is InChI=1S/C29H31NO6/c1-29(2)35-23(17-33-16-18-9-5-3-6-10-18)26(36-29)22-15-19-13-14-21-24(25(19)34-22)28(32)30(27(21)31)20-11-7-4-8-12-20/h3-13,21-26H,14-17H2,1-2H3/t21-,22+,23+,24-,25+,26+/m1/s1. The summed E-state index contributed by atoms with van der Waals surface area (Å²) in [6.07, 6.45) is 1.97. The molecule has 4 aliphatic rings. The van der Waals surface area contributed by atoms with Crippen LogP contribution in [0.25, 0.3) is 0 Å². The topological polar surface area (TPSA) is 74.3 Å². The number of carbonyl (C=O) groups is 2. The van der Waals surface area contributed by atoms with Crippen LogP contribution in [0.4, 0.5) is 5.69 Å². The molecule has 7 heteroatoms. The molecule has 6 rings (SSSR count). The van der Waals surface area contributed by atoms with Gasteiger partial charge in [-0.05, 0) is 50.0 Å². The molecule has 3 aliphatic heterocycles. The van der Waals surface area contributed by atoms with E-state index in [2.05, 4.69) is 6.08 Å². The summed E-state index contributed by atoms with van der Waals surface area (Å²) in [7, 11) is 0. The van der Waals surface area contributed by atoms with Crippen molar-refractivity contribution in [2.75, 3.05) is 11.5 Å². The minimum Gasteiger partial charge on any atom is -0.374 e. The van der Waals surface area contributed by atoms with Gasteiger partial charge in [0.1, 0.15) is 12.2 Å². The van der Waals surface area contributed by atoms with Gasteiger partial charge in [0.2, 0.25) is 11.8 Å². The molecule has 3 saturated heterocycles. The monoisotopic (exact) mass is 489 g/mol. The summed E-state index contributed by atoms with van der Waals surface area (Å²) >= 11 is 0. The Balaban J connectivity index is 1.17. The number of ether oxygens (including phenoxy) is 4. The molecule has 0 radical (unpaired) electrons. The van der Waals surface area contributed by atoms with Gasteiger partial charge in [0, 0.05) is 0 Å². The molecule has 6 atom stereocenters. The first-order chi connectivity index (χ1) is 17.4. The lowest BCUT2D eigenvalue weighted by molar-refractivity contribution is -0.162. The Kier molecular flexibility index (Phi) is 6.04. The molecule has 0 bridgehead atoms. The Morgan fingerprint density at radius 3 is 2.44 bits per heavy atom. The Bertz CT molecular complexity index is 1160. The zero-order chi connectivity index (χ0) is 24.9. The van der Waals surface area contributed by atoms with Crippen molar-refractivity contribution < 1.29 is 28.5 Å². The van der Waals surface area contributed by atoms with Gasteiger partial charge in [0.15, 0.2) is 5.79 Å². The van der Waals surface area contributed by atoms with E-state index in [-0.39, 0.29) is 30.1 Å². The van der Waals surface area contributed by atoms with Gasteiger partial charge >= 0.3 is 0 Å². The van der Waals surface area contributed by atoms with Crippen LogP contribution in [0.5, 0.6) is 0 Å². The zero-order valence-corrected chi connectivity index (χ0v) is 20.5. The van der Waals surface area contributed by atoms with E-state index in [1.807, 2.05) is 62.4 Å². The number of anilines is 1. The fraction of sp³-hybridized carbons (Fsp3) is 0.448. The fourth-order valence-electron chi connectivity index (χ4n) is 6.00. The Hall–Kier alpha value is -2.84. The Labute approximate surface area is 211 Å². The highest BCUT2D eigenvalue weighted by molar-refractivity contribution is 6.22. The van der Waals surface area contributed by atoms with Gasteiger partial charge in [-0.1, -0.05) is 54.6 Å². The molecule has 188 valence electrons. The van der Waals surface area contributed by atoms with Crippen LogP contribution < -0.4 is 4.90 Å². The second-order valence-electron chi connectivity index (χ2n) is 10.4. The third-order valence-corrected chi connectivity index (χ3v) is 7.56. The summed E-state index contributed by atoms with van der Waals surface area (Å²) in [4.78, 5) is 28.0. The number of hydrogen-bond donors (Lipinski definition) is 0. The van der Waals surface area contributed by atoms with Crippen molar-refractivity contribution in [2.45, 2.75) is 63.5 Å². The number of benzene rings is 2. The van der Waals surface area contributed by atoms with E-state index >= 15 is 0 Å². The number of nitrogens with zero attached hydrogens (tertiary/aromatic N) is 1. The van der Waals surface area contributed by atoms with Crippen LogP contribution in [0.3, 0.4) is 0 Å². The molecule has 0 spiro atoms. The predicted molar refractivity (Wildman–Crippen MR) is 132 cm³/mol. The molecule has 1 aliphatic carbocycles. The van der Waals surface area contributed by atoms with Gasteiger partial charge in [-0.2, -0.15) is 0 Å². The molecule has 3 fully saturated rings. The number of fused-ring (bicyclic) bond motifs is 3. The number of rotatable bonds is 6. The first kappa shape index (κ1) is 23.6. The highest BCUT2D eigenvalue weighted by Crippen LogP contribution is 2.47.